The topological polar surface area (TPSA) is 110 Å². The summed E-state index contributed by atoms with van der Waals surface area (Å²) in [5.74, 6) is -0.769. The van der Waals surface area contributed by atoms with E-state index in [1.165, 1.54) is 18.2 Å². The summed E-state index contributed by atoms with van der Waals surface area (Å²) in [4.78, 5) is 9.36. The summed E-state index contributed by atoms with van der Waals surface area (Å²) in [6, 6.07) is 9.22. The van der Waals surface area contributed by atoms with Crippen molar-refractivity contribution < 1.29 is 19.0 Å². The second-order valence-corrected chi connectivity index (χ2v) is 10.4. The Morgan fingerprint density at radius 1 is 1.11 bits per heavy atom. The molecule has 37 heavy (non-hydrogen) atoms. The number of hydrogen-bond acceptors (Lipinski definition) is 7. The molecule has 3 atom stereocenters. The lowest BCUT2D eigenvalue weighted by molar-refractivity contribution is 0.0783. The molecule has 2 bridgehead atoms. The fourth-order valence-corrected chi connectivity index (χ4v) is 6.33. The van der Waals surface area contributed by atoms with Crippen LogP contribution >= 0.6 is 0 Å². The van der Waals surface area contributed by atoms with Crippen molar-refractivity contribution in [3.8, 4) is 22.8 Å². The molecule has 2 N–H and O–H groups in total. The van der Waals surface area contributed by atoms with Gasteiger partial charge in [-0.3, -0.25) is 4.68 Å². The van der Waals surface area contributed by atoms with Crippen molar-refractivity contribution >= 4 is 0 Å². The minimum Gasteiger partial charge on any atom is -0.394 e. The number of benzene rings is 1. The number of aliphatic hydroxyl groups is 2. The van der Waals surface area contributed by atoms with Crippen LogP contribution in [0.4, 0.5) is 8.78 Å². The predicted molar refractivity (Wildman–Crippen MR) is 130 cm³/mol. The van der Waals surface area contributed by atoms with Crippen LogP contribution in [0.5, 0.6) is 0 Å². The molecule has 0 amide bonds. The molecule has 190 valence electrons. The third-order valence-corrected chi connectivity index (χ3v) is 8.17. The molecule has 3 aromatic heterocycles. The zero-order valence-corrected chi connectivity index (χ0v) is 20.4. The van der Waals surface area contributed by atoms with Gasteiger partial charge in [0.25, 0.3) is 0 Å². The number of aromatic nitrogens is 6. The molecule has 6 rings (SSSR count). The minimum atomic E-state index is -0.911. The van der Waals surface area contributed by atoms with Crippen LogP contribution in [-0.4, -0.2) is 52.9 Å². The molecule has 1 saturated carbocycles. The number of fused-ring (bicyclic) bond motifs is 5. The van der Waals surface area contributed by atoms with Crippen LogP contribution in [-0.2, 0) is 12.0 Å². The molecule has 1 aromatic carbocycles. The van der Waals surface area contributed by atoms with Gasteiger partial charge in [-0.15, -0.1) is 5.10 Å². The van der Waals surface area contributed by atoms with E-state index in [1.54, 1.807) is 29.2 Å². The van der Waals surface area contributed by atoms with E-state index in [2.05, 4.69) is 34.1 Å². The highest BCUT2D eigenvalue weighted by molar-refractivity contribution is 5.64. The lowest BCUT2D eigenvalue weighted by atomic mass is 9.66. The Hall–Kier alpha value is -3.63. The van der Waals surface area contributed by atoms with Crippen molar-refractivity contribution in [2.24, 2.45) is 5.41 Å². The summed E-state index contributed by atoms with van der Waals surface area (Å²) in [7, 11) is 0. The Morgan fingerprint density at radius 2 is 1.89 bits per heavy atom. The first kappa shape index (κ1) is 23.7. The summed E-state index contributed by atoms with van der Waals surface area (Å²) >= 11 is 0. The van der Waals surface area contributed by atoms with Gasteiger partial charge in [0.1, 0.15) is 17.3 Å². The van der Waals surface area contributed by atoms with E-state index in [0.717, 1.165) is 29.8 Å². The normalized spacial score (nSPS) is 22.3. The summed E-state index contributed by atoms with van der Waals surface area (Å²) in [5.41, 5.74) is 2.29. The molecule has 8 nitrogen and oxygen atoms in total. The molecule has 2 aliphatic carbocycles. The molecular weight excluding hydrogens is 478 g/mol. The Morgan fingerprint density at radius 3 is 2.65 bits per heavy atom. The smallest absolute Gasteiger partial charge is 0.180 e. The van der Waals surface area contributed by atoms with Gasteiger partial charge in [-0.2, -0.15) is 10.2 Å². The third-order valence-electron chi connectivity index (χ3n) is 8.17. The predicted octanol–water partition coefficient (Wildman–Crippen LogP) is 3.63. The number of nitrogens with zero attached hydrogens (tertiary/aromatic N) is 6. The van der Waals surface area contributed by atoms with Gasteiger partial charge in [-0.05, 0) is 60.1 Å². The molecular formula is C27H26F2N6O2. The van der Waals surface area contributed by atoms with E-state index in [-0.39, 0.29) is 35.7 Å². The summed E-state index contributed by atoms with van der Waals surface area (Å²) in [6.07, 6.45) is 4.20. The van der Waals surface area contributed by atoms with E-state index in [1.807, 2.05) is 6.07 Å². The number of hydrogen-bond donors (Lipinski definition) is 2. The maximum Gasteiger partial charge on any atom is 0.180 e. The maximum absolute atomic E-state index is 14.5. The van der Waals surface area contributed by atoms with Crippen LogP contribution in [0, 0.1) is 17.0 Å². The van der Waals surface area contributed by atoms with Crippen LogP contribution < -0.4 is 0 Å². The Balaban J connectivity index is 1.43. The molecule has 1 fully saturated rings. The average Bonchev–Trinajstić information content (AvgIpc) is 3.51. The van der Waals surface area contributed by atoms with Gasteiger partial charge >= 0.3 is 0 Å². The van der Waals surface area contributed by atoms with Gasteiger partial charge in [-0.1, -0.05) is 19.9 Å². The average molecular weight is 505 g/mol. The first-order chi connectivity index (χ1) is 17.8. The summed E-state index contributed by atoms with van der Waals surface area (Å²) in [5, 5.41) is 32.2. The van der Waals surface area contributed by atoms with Gasteiger partial charge in [0.05, 0.1) is 47.3 Å². The van der Waals surface area contributed by atoms with Crippen molar-refractivity contribution in [1.82, 2.24) is 29.9 Å². The molecule has 10 heteroatoms. The Kier molecular flexibility index (Phi) is 5.43. The van der Waals surface area contributed by atoms with Crippen molar-refractivity contribution in [3.05, 3.63) is 77.4 Å². The van der Waals surface area contributed by atoms with Gasteiger partial charge in [0.15, 0.2) is 5.82 Å². The van der Waals surface area contributed by atoms with E-state index in [4.69, 9.17) is 10.1 Å². The standard InChI is InChI=1S/C27H26F2N6O2/c1-26(2)17-6-9-27(26,24-16(17)12-21(32-33-24)23-18(28)4-3-5-19(23)29)22-7-10-30-25(31-22)20-8-11-35(34-20)13-15(37)14-36/h3-5,7-8,10-12,15,17,36-37H,6,9,13-14H2,1-2H3/t15-,17+,27+/m1/s1. The van der Waals surface area contributed by atoms with Crippen LogP contribution in [0.1, 0.15) is 49.6 Å². The van der Waals surface area contributed by atoms with E-state index >= 15 is 0 Å². The number of rotatable bonds is 6. The highest BCUT2D eigenvalue weighted by Crippen LogP contribution is 2.69. The highest BCUT2D eigenvalue weighted by Gasteiger charge is 2.65. The fourth-order valence-electron chi connectivity index (χ4n) is 6.33. The van der Waals surface area contributed by atoms with Crippen molar-refractivity contribution in [2.75, 3.05) is 6.61 Å². The monoisotopic (exact) mass is 504 g/mol. The van der Waals surface area contributed by atoms with Gasteiger partial charge in [0, 0.05) is 12.4 Å². The Labute approximate surface area is 212 Å². The first-order valence-corrected chi connectivity index (χ1v) is 12.2. The van der Waals surface area contributed by atoms with Crippen LogP contribution in [0.3, 0.4) is 0 Å². The first-order valence-electron chi connectivity index (χ1n) is 12.2. The summed E-state index contributed by atoms with van der Waals surface area (Å²) in [6.45, 7) is 4.17. The van der Waals surface area contributed by atoms with Gasteiger partial charge in [0.2, 0.25) is 0 Å². The molecule has 0 spiro atoms. The van der Waals surface area contributed by atoms with Crippen LogP contribution in [0.15, 0.2) is 48.8 Å². The van der Waals surface area contributed by atoms with Gasteiger partial charge in [-0.25, -0.2) is 18.7 Å². The quantitative estimate of drug-likeness (QED) is 0.413. The molecule has 0 saturated heterocycles. The maximum atomic E-state index is 14.5. The molecule has 0 aliphatic heterocycles. The molecule has 4 aromatic rings. The number of aliphatic hydroxyl groups excluding tert-OH is 2. The largest absolute Gasteiger partial charge is 0.394 e. The zero-order valence-electron chi connectivity index (χ0n) is 20.4. The second-order valence-electron chi connectivity index (χ2n) is 10.4. The van der Waals surface area contributed by atoms with Crippen molar-refractivity contribution in [3.63, 3.8) is 0 Å². The molecule has 0 unspecified atom stereocenters. The lowest BCUT2D eigenvalue weighted by Crippen LogP contribution is -2.38. The lowest BCUT2D eigenvalue weighted by Gasteiger charge is -2.37. The second kappa shape index (κ2) is 8.46. The molecule has 2 aliphatic rings. The van der Waals surface area contributed by atoms with Crippen LogP contribution in [0.25, 0.3) is 22.8 Å². The van der Waals surface area contributed by atoms with E-state index in [0.29, 0.717) is 11.5 Å². The zero-order chi connectivity index (χ0) is 25.9. The SMILES string of the molecule is CC1(C)[C@H]2CC[C@]1(c1ccnc(-c3ccn(C[C@@H](O)CO)n3)n1)c1nnc(-c3c(F)cccc3F)cc12. The number of halogens is 2. The fraction of sp³-hybridized carbons (Fsp3) is 0.370. The van der Waals surface area contributed by atoms with Gasteiger partial charge < -0.3 is 10.2 Å². The minimum absolute atomic E-state index is 0.129. The summed E-state index contributed by atoms with van der Waals surface area (Å²) < 4.78 is 30.6. The third kappa shape index (κ3) is 3.42. The van der Waals surface area contributed by atoms with Crippen LogP contribution in [0.2, 0.25) is 0 Å². The molecule has 3 heterocycles. The van der Waals surface area contributed by atoms with E-state index < -0.39 is 23.2 Å². The van der Waals surface area contributed by atoms with Crippen molar-refractivity contribution in [2.45, 2.75) is 50.7 Å². The Bertz CT molecular complexity index is 1490. The van der Waals surface area contributed by atoms with E-state index in [9.17, 15) is 13.9 Å². The highest BCUT2D eigenvalue weighted by atomic mass is 19.1. The van der Waals surface area contributed by atoms with Crippen molar-refractivity contribution in [1.29, 1.82) is 0 Å². The molecule has 0 radical (unpaired) electrons.